The van der Waals surface area contributed by atoms with Crippen LogP contribution in [0.1, 0.15) is 34.1 Å². The molecule has 3 heteroatoms. The first-order chi connectivity index (χ1) is 6.47. The van der Waals surface area contributed by atoms with Crippen molar-refractivity contribution in [3.8, 4) is 0 Å². The van der Waals surface area contributed by atoms with Gasteiger partial charge < -0.3 is 4.90 Å². The molecule has 1 amide bonds. The highest BCUT2D eigenvalue weighted by atomic mass is 79.9. The summed E-state index contributed by atoms with van der Waals surface area (Å²) in [6.07, 6.45) is 0.611. The zero-order valence-corrected chi connectivity index (χ0v) is 11.3. The summed E-state index contributed by atoms with van der Waals surface area (Å²) in [5, 5.41) is 0.762. The summed E-state index contributed by atoms with van der Waals surface area (Å²) in [6.45, 7) is 10.3. The smallest absolute Gasteiger partial charge is 0.223 e. The van der Waals surface area contributed by atoms with Gasteiger partial charge in [0.15, 0.2) is 0 Å². The molecule has 0 unspecified atom stereocenters. The normalized spacial score (nSPS) is 11.1. The van der Waals surface area contributed by atoms with Gasteiger partial charge in [-0.1, -0.05) is 43.6 Å². The molecule has 0 bridgehead atoms. The van der Waals surface area contributed by atoms with Gasteiger partial charge in [-0.25, -0.2) is 0 Å². The molecule has 2 nitrogen and oxygen atoms in total. The average Bonchev–Trinajstić information content (AvgIpc) is 2.01. The highest BCUT2D eigenvalue weighted by Crippen LogP contribution is 2.06. The van der Waals surface area contributed by atoms with Crippen LogP contribution in [0, 0.1) is 11.8 Å². The minimum absolute atomic E-state index is 0.268. The number of alkyl halides is 1. The van der Waals surface area contributed by atoms with Crippen molar-refractivity contribution in [1.29, 1.82) is 0 Å². The van der Waals surface area contributed by atoms with E-state index in [0.717, 1.165) is 18.4 Å². The van der Waals surface area contributed by atoms with E-state index in [1.165, 1.54) is 0 Å². The Labute approximate surface area is 96.2 Å². The minimum atomic E-state index is 0.268. The van der Waals surface area contributed by atoms with Crippen LogP contribution in [0.5, 0.6) is 0 Å². The topological polar surface area (TPSA) is 20.3 Å². The Morgan fingerprint density at radius 2 is 1.57 bits per heavy atom. The van der Waals surface area contributed by atoms with E-state index in [-0.39, 0.29) is 5.91 Å². The van der Waals surface area contributed by atoms with Crippen molar-refractivity contribution in [2.45, 2.75) is 34.1 Å². The Morgan fingerprint density at radius 1 is 1.14 bits per heavy atom. The maximum atomic E-state index is 11.7. The fourth-order valence-electron chi connectivity index (χ4n) is 1.40. The lowest BCUT2D eigenvalue weighted by atomic mass is 10.1. The number of hydrogen-bond donors (Lipinski definition) is 0. The molecule has 0 heterocycles. The second kappa shape index (κ2) is 7.27. The largest absolute Gasteiger partial charge is 0.342 e. The van der Waals surface area contributed by atoms with Crippen LogP contribution in [0.15, 0.2) is 0 Å². The highest BCUT2D eigenvalue weighted by Gasteiger charge is 2.14. The van der Waals surface area contributed by atoms with E-state index >= 15 is 0 Å². The van der Waals surface area contributed by atoms with Crippen molar-refractivity contribution in [2.24, 2.45) is 11.8 Å². The zero-order valence-electron chi connectivity index (χ0n) is 9.72. The standard InChI is InChI=1S/C11H22BrNO/c1-9(2)7-13(8-10(3)4)11(14)5-6-12/h9-10H,5-8H2,1-4H3. The van der Waals surface area contributed by atoms with Gasteiger partial charge in [-0.2, -0.15) is 0 Å². The maximum absolute atomic E-state index is 11.7. The third-order valence-electron chi connectivity index (χ3n) is 1.83. The van der Waals surface area contributed by atoms with Gasteiger partial charge in [-0.05, 0) is 11.8 Å². The molecule has 0 aliphatic carbocycles. The molecule has 0 aliphatic rings. The molecule has 0 atom stereocenters. The van der Waals surface area contributed by atoms with Gasteiger partial charge in [-0.15, -0.1) is 0 Å². The quantitative estimate of drug-likeness (QED) is 0.675. The second-order valence-electron chi connectivity index (χ2n) is 4.53. The van der Waals surface area contributed by atoms with E-state index in [1.54, 1.807) is 0 Å². The molecular weight excluding hydrogens is 242 g/mol. The SMILES string of the molecule is CC(C)CN(CC(C)C)C(=O)CCBr. The number of nitrogens with zero attached hydrogens (tertiary/aromatic N) is 1. The fraction of sp³-hybridized carbons (Fsp3) is 0.909. The number of halogens is 1. The lowest BCUT2D eigenvalue weighted by Gasteiger charge is -2.26. The Hall–Kier alpha value is -0.0500. The third-order valence-corrected chi connectivity index (χ3v) is 2.23. The lowest BCUT2D eigenvalue weighted by Crippen LogP contribution is -2.37. The van der Waals surface area contributed by atoms with Gasteiger partial charge in [-0.3, -0.25) is 4.79 Å². The summed E-state index contributed by atoms with van der Waals surface area (Å²) in [6, 6.07) is 0. The molecule has 0 N–H and O–H groups in total. The third kappa shape index (κ3) is 6.41. The predicted octanol–water partition coefficient (Wildman–Crippen LogP) is 2.91. The molecule has 14 heavy (non-hydrogen) atoms. The Bertz CT molecular complexity index is 159. The average molecular weight is 264 g/mol. The lowest BCUT2D eigenvalue weighted by molar-refractivity contribution is -0.131. The molecule has 0 radical (unpaired) electrons. The number of amides is 1. The van der Waals surface area contributed by atoms with Crippen LogP contribution in [0.3, 0.4) is 0 Å². The summed E-state index contributed by atoms with van der Waals surface area (Å²) < 4.78 is 0. The van der Waals surface area contributed by atoms with Gasteiger partial charge in [0.25, 0.3) is 0 Å². The molecule has 0 aliphatic heterocycles. The first kappa shape index (κ1) is 13.9. The zero-order chi connectivity index (χ0) is 11.1. The predicted molar refractivity (Wildman–Crippen MR) is 64.7 cm³/mol. The summed E-state index contributed by atoms with van der Waals surface area (Å²) in [5.41, 5.74) is 0. The van der Waals surface area contributed by atoms with Gasteiger partial charge >= 0.3 is 0 Å². The van der Waals surface area contributed by atoms with Crippen molar-refractivity contribution in [3.05, 3.63) is 0 Å². The van der Waals surface area contributed by atoms with Gasteiger partial charge in [0.05, 0.1) is 0 Å². The summed E-state index contributed by atoms with van der Waals surface area (Å²) in [7, 11) is 0. The number of carbonyl (C=O) groups excluding carboxylic acids is 1. The van der Waals surface area contributed by atoms with Crippen molar-refractivity contribution >= 4 is 21.8 Å². The van der Waals surface area contributed by atoms with Gasteiger partial charge in [0, 0.05) is 24.8 Å². The van der Waals surface area contributed by atoms with Crippen LogP contribution in [-0.4, -0.2) is 29.2 Å². The molecule has 0 saturated heterocycles. The fourth-order valence-corrected chi connectivity index (χ4v) is 1.74. The van der Waals surface area contributed by atoms with Gasteiger partial charge in [0.1, 0.15) is 0 Å². The molecule has 0 aromatic heterocycles. The number of carbonyl (C=O) groups is 1. The second-order valence-corrected chi connectivity index (χ2v) is 5.32. The van der Waals surface area contributed by atoms with E-state index in [9.17, 15) is 4.79 Å². The maximum Gasteiger partial charge on any atom is 0.223 e. The van der Waals surface area contributed by atoms with Crippen LogP contribution < -0.4 is 0 Å². The molecule has 0 rings (SSSR count). The van der Waals surface area contributed by atoms with Crippen molar-refractivity contribution in [3.63, 3.8) is 0 Å². The number of rotatable bonds is 6. The first-order valence-electron chi connectivity index (χ1n) is 5.31. The van der Waals surface area contributed by atoms with Gasteiger partial charge in [0.2, 0.25) is 5.91 Å². The highest BCUT2D eigenvalue weighted by molar-refractivity contribution is 9.09. The van der Waals surface area contributed by atoms with Crippen molar-refractivity contribution < 1.29 is 4.79 Å². The van der Waals surface area contributed by atoms with Crippen LogP contribution in [0.2, 0.25) is 0 Å². The first-order valence-corrected chi connectivity index (χ1v) is 6.43. The van der Waals surface area contributed by atoms with Crippen molar-refractivity contribution in [1.82, 2.24) is 4.90 Å². The Balaban J connectivity index is 4.15. The summed E-state index contributed by atoms with van der Waals surface area (Å²) in [5.74, 6) is 1.37. The minimum Gasteiger partial charge on any atom is -0.342 e. The van der Waals surface area contributed by atoms with Crippen LogP contribution >= 0.6 is 15.9 Å². The van der Waals surface area contributed by atoms with Crippen LogP contribution in [0.25, 0.3) is 0 Å². The van der Waals surface area contributed by atoms with E-state index in [1.807, 2.05) is 4.90 Å². The molecule has 0 aromatic rings. The van der Waals surface area contributed by atoms with E-state index in [2.05, 4.69) is 43.6 Å². The van der Waals surface area contributed by atoms with E-state index < -0.39 is 0 Å². The molecule has 0 aromatic carbocycles. The van der Waals surface area contributed by atoms with E-state index in [4.69, 9.17) is 0 Å². The molecule has 0 fully saturated rings. The summed E-state index contributed by atoms with van der Waals surface area (Å²) in [4.78, 5) is 13.7. The molecule has 0 saturated carbocycles. The number of hydrogen-bond acceptors (Lipinski definition) is 1. The van der Waals surface area contributed by atoms with Crippen LogP contribution in [0.4, 0.5) is 0 Å². The molecule has 84 valence electrons. The Morgan fingerprint density at radius 3 is 1.86 bits per heavy atom. The molecule has 0 spiro atoms. The van der Waals surface area contributed by atoms with E-state index in [0.29, 0.717) is 18.3 Å². The Kier molecular flexibility index (Phi) is 7.24. The monoisotopic (exact) mass is 263 g/mol. The van der Waals surface area contributed by atoms with Crippen LogP contribution in [-0.2, 0) is 4.79 Å². The molecular formula is C11H22BrNO. The van der Waals surface area contributed by atoms with Crippen molar-refractivity contribution in [2.75, 3.05) is 18.4 Å². The summed E-state index contributed by atoms with van der Waals surface area (Å²) >= 11 is 3.30.